The average molecular weight is 408 g/mol. The molecule has 0 aliphatic heterocycles. The zero-order valence-electron chi connectivity index (χ0n) is 12.2. The van der Waals surface area contributed by atoms with E-state index in [0.717, 1.165) is 12.8 Å². The van der Waals surface area contributed by atoms with Gasteiger partial charge >= 0.3 is 28.4 Å². The van der Waals surface area contributed by atoms with Crippen LogP contribution in [0.1, 0.15) is 17.5 Å². The molecule has 0 aromatic heterocycles. The van der Waals surface area contributed by atoms with Crippen LogP contribution in [0.5, 0.6) is 0 Å². The third kappa shape index (κ3) is 5.47. The number of hydrogen-bond acceptors (Lipinski definition) is 0. The third-order valence-corrected chi connectivity index (χ3v) is 3.20. The van der Waals surface area contributed by atoms with E-state index in [4.69, 9.17) is 0 Å². The Hall–Kier alpha value is -0.747. The van der Waals surface area contributed by atoms with Crippen LogP contribution in [-0.2, 0) is 30.7 Å². The van der Waals surface area contributed by atoms with Gasteiger partial charge in [0.1, 0.15) is 0 Å². The van der Waals surface area contributed by atoms with Crippen molar-refractivity contribution in [1.29, 1.82) is 0 Å². The molecule has 0 N–H and O–H groups in total. The molecule has 2 aliphatic rings. The maximum Gasteiger partial charge on any atom is -0.0253 e. The first-order chi connectivity index (χ1) is 9.95. The Bertz CT molecular complexity index is 579. The van der Waals surface area contributed by atoms with Crippen molar-refractivity contribution in [2.24, 2.45) is 0 Å². The van der Waals surface area contributed by atoms with E-state index in [9.17, 15) is 0 Å². The maximum atomic E-state index is 3.34. The van der Waals surface area contributed by atoms with Gasteiger partial charge in [0, 0.05) is 0 Å². The molecule has 2 aromatic rings. The standard InChI is InChI=1S/C13H9.C5H5.CH2.2ClH.Zr/c1-3-7-12-10(5-1)9-11-6-2-4-8-13(11)12;1-2-4-5-3-1;;;;/h1-5,7-8H,9H2;1-3H,4H2;1H2;2*1H;/q2*-1;;;;+2. The first kappa shape index (κ1) is 21.3. The summed E-state index contributed by atoms with van der Waals surface area (Å²) in [5, 5.41) is 0. The van der Waals surface area contributed by atoms with Gasteiger partial charge in [0.2, 0.25) is 0 Å². The van der Waals surface area contributed by atoms with Gasteiger partial charge in [-0.3, -0.25) is 6.08 Å². The molecule has 0 heterocycles. The maximum absolute atomic E-state index is 3.34. The molecule has 4 rings (SSSR count). The first-order valence-electron chi connectivity index (χ1n) is 6.60. The minimum atomic E-state index is 0. The van der Waals surface area contributed by atoms with Crippen molar-refractivity contribution in [3.05, 3.63) is 84.0 Å². The van der Waals surface area contributed by atoms with Crippen molar-refractivity contribution >= 4 is 29.0 Å². The molecule has 0 saturated carbocycles. The van der Waals surface area contributed by atoms with Crippen molar-refractivity contribution in [2.75, 3.05) is 0 Å². The van der Waals surface area contributed by atoms with Crippen molar-refractivity contribution in [3.8, 4) is 11.1 Å². The van der Waals surface area contributed by atoms with E-state index in [0.29, 0.717) is 0 Å². The minimum Gasteiger partial charge on any atom is -0.179 e. The topological polar surface area (TPSA) is 0 Å². The summed E-state index contributed by atoms with van der Waals surface area (Å²) < 4.78 is 3.34. The van der Waals surface area contributed by atoms with Crippen molar-refractivity contribution in [1.82, 2.24) is 0 Å². The molecule has 112 valence electrons. The fraction of sp³-hybridized carbons (Fsp3) is 0.105. The van der Waals surface area contributed by atoms with Crippen molar-refractivity contribution in [3.63, 3.8) is 0 Å². The van der Waals surface area contributed by atoms with Gasteiger partial charge in [-0.15, -0.1) is 36.8 Å². The molecule has 0 radical (unpaired) electrons. The number of benzene rings is 2. The summed E-state index contributed by atoms with van der Waals surface area (Å²) in [5.74, 6) is 0. The Morgan fingerprint density at radius 3 is 2.32 bits per heavy atom. The number of allylic oxidation sites excluding steroid dienone is 4. The fourth-order valence-corrected chi connectivity index (χ4v) is 2.34. The summed E-state index contributed by atoms with van der Waals surface area (Å²) in [6, 6.07) is 18.1. The second-order valence-electron chi connectivity index (χ2n) is 4.40. The van der Waals surface area contributed by atoms with Crippen LogP contribution < -0.4 is 0 Å². The zero-order valence-corrected chi connectivity index (χ0v) is 16.3. The van der Waals surface area contributed by atoms with Gasteiger partial charge < -0.3 is 0 Å². The van der Waals surface area contributed by atoms with Crippen LogP contribution in [0.2, 0.25) is 0 Å². The Balaban J connectivity index is 0.000000422. The van der Waals surface area contributed by atoms with Crippen LogP contribution in [0.25, 0.3) is 11.1 Å². The Morgan fingerprint density at radius 2 is 1.68 bits per heavy atom. The number of halogens is 2. The first-order valence-corrected chi connectivity index (χ1v) is 8.34. The molecule has 2 aromatic carbocycles. The van der Waals surface area contributed by atoms with Gasteiger partial charge in [0.05, 0.1) is 0 Å². The van der Waals surface area contributed by atoms with Crippen LogP contribution in [0, 0.1) is 12.1 Å². The second kappa shape index (κ2) is 11.8. The van der Waals surface area contributed by atoms with Gasteiger partial charge in [0.15, 0.2) is 0 Å². The van der Waals surface area contributed by atoms with Gasteiger partial charge in [-0.1, -0.05) is 35.4 Å². The molecule has 0 fully saturated rings. The Labute approximate surface area is 160 Å². The number of rotatable bonds is 0. The Morgan fingerprint density at radius 1 is 0.955 bits per heavy atom. The normalized spacial score (nSPS) is 11.5. The van der Waals surface area contributed by atoms with Crippen molar-refractivity contribution < 1.29 is 24.2 Å². The predicted octanol–water partition coefficient (Wildman–Crippen LogP) is 5.17. The van der Waals surface area contributed by atoms with Crippen LogP contribution in [0.4, 0.5) is 0 Å². The summed E-state index contributed by atoms with van der Waals surface area (Å²) in [5.41, 5.74) is 5.51. The van der Waals surface area contributed by atoms with E-state index in [2.05, 4.69) is 58.8 Å². The van der Waals surface area contributed by atoms with E-state index >= 15 is 0 Å². The summed E-state index contributed by atoms with van der Waals surface area (Å²) in [6.45, 7) is 0. The number of fused-ring (bicyclic) bond motifs is 3. The minimum absolute atomic E-state index is 0. The monoisotopic (exact) mass is 406 g/mol. The predicted molar refractivity (Wildman–Crippen MR) is 96.7 cm³/mol. The van der Waals surface area contributed by atoms with Gasteiger partial charge in [-0.25, -0.2) is 12.2 Å². The number of hydrogen-bond donors (Lipinski definition) is 0. The molecule has 0 atom stereocenters. The van der Waals surface area contributed by atoms with E-state index in [-0.39, 0.29) is 24.8 Å². The Kier molecular flexibility index (Phi) is 11.4. The molecular weight excluding hydrogens is 390 g/mol. The quantitative estimate of drug-likeness (QED) is 0.450. The van der Waals surface area contributed by atoms with Crippen molar-refractivity contribution in [2.45, 2.75) is 12.8 Å². The van der Waals surface area contributed by atoms with E-state index in [1.807, 2.05) is 18.2 Å². The van der Waals surface area contributed by atoms with Crippen LogP contribution in [0.15, 0.2) is 60.7 Å². The smallest absolute Gasteiger partial charge is 0.0253 e. The molecule has 0 nitrogen and oxygen atoms in total. The third-order valence-electron chi connectivity index (χ3n) is 3.20. The molecule has 0 spiro atoms. The van der Waals surface area contributed by atoms with E-state index in [1.165, 1.54) is 46.5 Å². The fourth-order valence-electron chi connectivity index (χ4n) is 2.34. The van der Waals surface area contributed by atoms with E-state index < -0.39 is 0 Å². The summed E-state index contributed by atoms with van der Waals surface area (Å²) in [7, 11) is 0. The summed E-state index contributed by atoms with van der Waals surface area (Å²) in [6.07, 6.45) is 11.0. The zero-order chi connectivity index (χ0) is 14.2. The van der Waals surface area contributed by atoms with Gasteiger partial charge in [-0.2, -0.15) is 35.9 Å². The van der Waals surface area contributed by atoms with Gasteiger partial charge in [0.25, 0.3) is 0 Å². The molecular formula is C19H18Cl2Zr. The summed E-state index contributed by atoms with van der Waals surface area (Å²) in [4.78, 5) is 0. The molecule has 22 heavy (non-hydrogen) atoms. The van der Waals surface area contributed by atoms with Crippen LogP contribution >= 0.6 is 24.8 Å². The molecule has 0 amide bonds. The molecule has 0 saturated heterocycles. The van der Waals surface area contributed by atoms with Gasteiger partial charge in [-0.05, 0) is 6.42 Å². The molecule has 0 bridgehead atoms. The van der Waals surface area contributed by atoms with Crippen LogP contribution in [-0.4, -0.2) is 4.21 Å². The average Bonchev–Trinajstić information content (AvgIpc) is 3.20. The molecule has 0 unspecified atom stereocenters. The molecule has 3 heteroatoms. The van der Waals surface area contributed by atoms with Crippen LogP contribution in [0.3, 0.4) is 0 Å². The van der Waals surface area contributed by atoms with E-state index in [1.54, 1.807) is 0 Å². The molecule has 2 aliphatic carbocycles. The second-order valence-corrected chi connectivity index (χ2v) is 4.40. The summed E-state index contributed by atoms with van der Waals surface area (Å²) >= 11 is 1.30. The largest absolute Gasteiger partial charge is 0.179 e. The SMILES string of the molecule is Cl.Cl.[C-]1=CC=CC1.[CH2]=[Zr+2].[c-]1cccc2c1Cc1ccccc1-2.